The van der Waals surface area contributed by atoms with Gasteiger partial charge in [0.2, 0.25) is 0 Å². The number of hydrogen-bond donors (Lipinski definition) is 1. The number of aromatic nitrogens is 1. The molecule has 1 N–H and O–H groups in total. The molecule has 0 saturated carbocycles. The first-order valence-corrected chi connectivity index (χ1v) is 4.80. The fraction of sp³-hybridized carbons (Fsp3) is 0.400. The SMILES string of the molecule is O=C(O)c1ccn(CCCC(F)(F)F)c(=O)c1. The minimum Gasteiger partial charge on any atom is -0.478 e. The molecule has 17 heavy (non-hydrogen) atoms. The molecular formula is C10H10F3NO3. The Labute approximate surface area is 94.3 Å². The zero-order chi connectivity index (χ0) is 13.1. The molecule has 0 fully saturated rings. The minimum atomic E-state index is -4.25. The molecule has 0 aliphatic heterocycles. The number of carboxylic acids is 1. The number of carboxylic acid groups (broad SMARTS) is 1. The van der Waals surface area contributed by atoms with Crippen molar-refractivity contribution in [3.8, 4) is 0 Å². The van der Waals surface area contributed by atoms with E-state index in [1.54, 1.807) is 0 Å². The van der Waals surface area contributed by atoms with Crippen LogP contribution in [0.5, 0.6) is 0 Å². The summed E-state index contributed by atoms with van der Waals surface area (Å²) in [5, 5.41) is 8.59. The molecule has 1 rings (SSSR count). The second kappa shape index (κ2) is 5.03. The van der Waals surface area contributed by atoms with E-state index in [2.05, 4.69) is 0 Å². The van der Waals surface area contributed by atoms with Crippen molar-refractivity contribution in [3.05, 3.63) is 34.2 Å². The normalized spacial score (nSPS) is 11.5. The Morgan fingerprint density at radius 2 is 2.06 bits per heavy atom. The number of aromatic carboxylic acids is 1. The fourth-order valence-corrected chi connectivity index (χ4v) is 1.28. The van der Waals surface area contributed by atoms with Gasteiger partial charge in [-0.2, -0.15) is 13.2 Å². The van der Waals surface area contributed by atoms with Crippen LogP contribution >= 0.6 is 0 Å². The van der Waals surface area contributed by atoms with Gasteiger partial charge in [0.25, 0.3) is 5.56 Å². The number of pyridine rings is 1. The molecule has 7 heteroatoms. The third kappa shape index (κ3) is 4.29. The first-order chi connectivity index (χ1) is 7.79. The highest BCUT2D eigenvalue weighted by Crippen LogP contribution is 2.21. The molecule has 1 aromatic rings. The van der Waals surface area contributed by atoms with Crippen LogP contribution < -0.4 is 5.56 Å². The van der Waals surface area contributed by atoms with Gasteiger partial charge in [-0.1, -0.05) is 0 Å². The van der Waals surface area contributed by atoms with E-state index in [0.29, 0.717) is 0 Å². The summed E-state index contributed by atoms with van der Waals surface area (Å²) in [4.78, 5) is 21.8. The summed E-state index contributed by atoms with van der Waals surface area (Å²) >= 11 is 0. The summed E-state index contributed by atoms with van der Waals surface area (Å²) in [6.07, 6.45) is -4.25. The van der Waals surface area contributed by atoms with Crippen LogP contribution in [0, 0.1) is 0 Å². The number of carbonyl (C=O) groups is 1. The average Bonchev–Trinajstić information content (AvgIpc) is 2.18. The molecule has 0 bridgehead atoms. The van der Waals surface area contributed by atoms with E-state index in [1.807, 2.05) is 0 Å². The first-order valence-electron chi connectivity index (χ1n) is 4.80. The molecule has 0 saturated heterocycles. The topological polar surface area (TPSA) is 59.3 Å². The van der Waals surface area contributed by atoms with Gasteiger partial charge in [-0.25, -0.2) is 4.79 Å². The van der Waals surface area contributed by atoms with Crippen LogP contribution in [0.15, 0.2) is 23.1 Å². The molecule has 0 atom stereocenters. The number of alkyl halides is 3. The van der Waals surface area contributed by atoms with Crippen molar-refractivity contribution >= 4 is 5.97 Å². The summed E-state index contributed by atoms with van der Waals surface area (Å²) < 4.78 is 36.6. The molecule has 0 aliphatic carbocycles. The van der Waals surface area contributed by atoms with Crippen LogP contribution in [0.4, 0.5) is 13.2 Å². The molecule has 0 amide bonds. The summed E-state index contributed by atoms with van der Waals surface area (Å²) in [6.45, 7) is -0.0851. The van der Waals surface area contributed by atoms with Gasteiger partial charge in [-0.05, 0) is 12.5 Å². The Bertz CT molecular complexity index is 465. The maximum absolute atomic E-state index is 11.9. The summed E-state index contributed by atoms with van der Waals surface area (Å²) in [5.41, 5.74) is -0.797. The lowest BCUT2D eigenvalue weighted by molar-refractivity contribution is -0.135. The van der Waals surface area contributed by atoms with Gasteiger partial charge in [-0.15, -0.1) is 0 Å². The van der Waals surface area contributed by atoms with Crippen molar-refractivity contribution in [2.24, 2.45) is 0 Å². The number of hydrogen-bond acceptors (Lipinski definition) is 2. The van der Waals surface area contributed by atoms with E-state index in [1.165, 1.54) is 12.3 Å². The number of nitrogens with zero attached hydrogens (tertiary/aromatic N) is 1. The van der Waals surface area contributed by atoms with Crippen molar-refractivity contribution in [1.29, 1.82) is 0 Å². The minimum absolute atomic E-state index is 0.0851. The van der Waals surface area contributed by atoms with Gasteiger partial charge >= 0.3 is 12.1 Å². The smallest absolute Gasteiger partial charge is 0.389 e. The Hall–Kier alpha value is -1.79. The van der Waals surface area contributed by atoms with Crippen molar-refractivity contribution < 1.29 is 23.1 Å². The third-order valence-electron chi connectivity index (χ3n) is 2.10. The molecule has 1 heterocycles. The van der Waals surface area contributed by atoms with E-state index < -0.39 is 24.1 Å². The van der Waals surface area contributed by atoms with E-state index in [4.69, 9.17) is 5.11 Å². The standard InChI is InChI=1S/C10H10F3NO3/c11-10(12,13)3-1-4-14-5-2-7(9(16)17)6-8(14)15/h2,5-6H,1,3-4H2,(H,16,17). The van der Waals surface area contributed by atoms with Crippen molar-refractivity contribution in [2.45, 2.75) is 25.6 Å². The molecular weight excluding hydrogens is 239 g/mol. The van der Waals surface area contributed by atoms with Gasteiger partial charge in [0.15, 0.2) is 0 Å². The lowest BCUT2D eigenvalue weighted by atomic mass is 10.2. The lowest BCUT2D eigenvalue weighted by Crippen LogP contribution is -2.21. The zero-order valence-electron chi connectivity index (χ0n) is 8.70. The van der Waals surface area contributed by atoms with Gasteiger partial charge in [0, 0.05) is 25.2 Å². The summed E-state index contributed by atoms with van der Waals surface area (Å²) in [5.74, 6) is -1.25. The van der Waals surface area contributed by atoms with Crippen molar-refractivity contribution in [3.63, 3.8) is 0 Å². The van der Waals surface area contributed by atoms with Crippen LogP contribution in [-0.4, -0.2) is 21.8 Å². The predicted molar refractivity (Wildman–Crippen MR) is 53.0 cm³/mol. The summed E-state index contributed by atoms with van der Waals surface area (Å²) in [7, 11) is 0. The largest absolute Gasteiger partial charge is 0.478 e. The Morgan fingerprint density at radius 3 is 2.53 bits per heavy atom. The van der Waals surface area contributed by atoms with Gasteiger partial charge < -0.3 is 9.67 Å². The number of halogens is 3. The van der Waals surface area contributed by atoms with Crippen molar-refractivity contribution in [1.82, 2.24) is 4.57 Å². The number of aryl methyl sites for hydroxylation is 1. The highest BCUT2D eigenvalue weighted by atomic mass is 19.4. The highest BCUT2D eigenvalue weighted by molar-refractivity contribution is 5.87. The van der Waals surface area contributed by atoms with Crippen LogP contribution in [0.1, 0.15) is 23.2 Å². The molecule has 0 radical (unpaired) electrons. The Kier molecular flexibility index (Phi) is 3.93. The predicted octanol–water partition coefficient (Wildman–Crippen LogP) is 1.89. The Morgan fingerprint density at radius 1 is 1.41 bits per heavy atom. The van der Waals surface area contributed by atoms with Crippen LogP contribution in [-0.2, 0) is 6.54 Å². The van der Waals surface area contributed by atoms with E-state index >= 15 is 0 Å². The monoisotopic (exact) mass is 249 g/mol. The molecule has 0 unspecified atom stereocenters. The van der Waals surface area contributed by atoms with Crippen LogP contribution in [0.3, 0.4) is 0 Å². The van der Waals surface area contributed by atoms with E-state index in [9.17, 15) is 22.8 Å². The highest BCUT2D eigenvalue weighted by Gasteiger charge is 2.26. The lowest BCUT2D eigenvalue weighted by Gasteiger charge is -2.08. The molecule has 1 aromatic heterocycles. The maximum Gasteiger partial charge on any atom is 0.389 e. The zero-order valence-corrected chi connectivity index (χ0v) is 8.70. The number of rotatable bonds is 4. The van der Waals surface area contributed by atoms with Gasteiger partial charge in [0.05, 0.1) is 5.56 Å². The second-order valence-corrected chi connectivity index (χ2v) is 3.47. The molecule has 0 spiro atoms. The molecule has 0 aliphatic rings. The van der Waals surface area contributed by atoms with Gasteiger partial charge in [-0.3, -0.25) is 4.79 Å². The second-order valence-electron chi connectivity index (χ2n) is 3.47. The quantitative estimate of drug-likeness (QED) is 0.886. The van der Waals surface area contributed by atoms with Crippen LogP contribution in [0.25, 0.3) is 0 Å². The summed E-state index contributed by atoms with van der Waals surface area (Å²) in [6, 6.07) is 2.06. The van der Waals surface area contributed by atoms with Gasteiger partial charge in [0.1, 0.15) is 0 Å². The average molecular weight is 249 g/mol. The Balaban J connectivity index is 2.68. The first kappa shape index (κ1) is 13.3. The van der Waals surface area contributed by atoms with Crippen LogP contribution in [0.2, 0.25) is 0 Å². The third-order valence-corrected chi connectivity index (χ3v) is 2.10. The maximum atomic E-state index is 11.9. The molecule has 94 valence electrons. The van der Waals surface area contributed by atoms with E-state index in [-0.39, 0.29) is 18.5 Å². The molecule has 4 nitrogen and oxygen atoms in total. The fourth-order valence-electron chi connectivity index (χ4n) is 1.28. The van der Waals surface area contributed by atoms with E-state index in [0.717, 1.165) is 10.6 Å². The van der Waals surface area contributed by atoms with Crippen molar-refractivity contribution in [2.75, 3.05) is 0 Å². The molecule has 0 aromatic carbocycles.